The van der Waals surface area contributed by atoms with Crippen LogP contribution in [0.15, 0.2) is 30.5 Å². The molecule has 0 aliphatic carbocycles. The van der Waals surface area contributed by atoms with Gasteiger partial charge in [0.1, 0.15) is 5.75 Å². The van der Waals surface area contributed by atoms with Crippen molar-refractivity contribution in [2.75, 3.05) is 19.4 Å². The van der Waals surface area contributed by atoms with Crippen molar-refractivity contribution >= 4 is 34.9 Å². The topological polar surface area (TPSA) is 67.4 Å². The lowest BCUT2D eigenvalue weighted by Crippen LogP contribution is -2.27. The predicted octanol–water partition coefficient (Wildman–Crippen LogP) is 3.67. The van der Waals surface area contributed by atoms with Crippen molar-refractivity contribution in [3.8, 4) is 11.6 Å². The lowest BCUT2D eigenvalue weighted by atomic mass is 10.3. The monoisotopic (exact) mass is 326 g/mol. The minimum absolute atomic E-state index is 0.0732. The first-order valence-electron chi connectivity index (χ1n) is 5.90. The highest BCUT2D eigenvalue weighted by atomic mass is 35.5. The number of carbonyl (C=O) groups is 1. The Bertz CT molecular complexity index is 647. The molecule has 0 aliphatic rings. The number of benzene rings is 1. The predicted molar refractivity (Wildman–Crippen MR) is 81.3 cm³/mol. The number of hydrogen-bond donors (Lipinski definition) is 1. The number of halogens is 2. The lowest BCUT2D eigenvalue weighted by Gasteiger charge is -2.12. The SMILES string of the molecule is CN(C)C(=O)Nc1ccc(Oc2cnc(Cl)c(Cl)n2)cc1. The smallest absolute Gasteiger partial charge is 0.321 e. The van der Waals surface area contributed by atoms with Gasteiger partial charge in [-0.15, -0.1) is 0 Å². The first-order chi connectivity index (χ1) is 9.95. The highest BCUT2D eigenvalue weighted by molar-refractivity contribution is 6.40. The van der Waals surface area contributed by atoms with Crippen LogP contribution in [0.4, 0.5) is 10.5 Å². The molecule has 8 heteroatoms. The van der Waals surface area contributed by atoms with E-state index in [9.17, 15) is 4.79 Å². The summed E-state index contributed by atoms with van der Waals surface area (Å²) in [7, 11) is 3.32. The molecule has 6 nitrogen and oxygen atoms in total. The fourth-order valence-corrected chi connectivity index (χ4v) is 1.57. The molecule has 110 valence electrons. The number of carbonyl (C=O) groups excluding carboxylic acids is 1. The number of rotatable bonds is 3. The molecule has 0 saturated heterocycles. The van der Waals surface area contributed by atoms with Crippen molar-refractivity contribution in [2.45, 2.75) is 0 Å². The molecule has 0 fully saturated rings. The minimum Gasteiger partial charge on any atom is -0.437 e. The maximum absolute atomic E-state index is 11.5. The summed E-state index contributed by atoms with van der Waals surface area (Å²) in [4.78, 5) is 20.7. The van der Waals surface area contributed by atoms with E-state index in [1.165, 1.54) is 11.1 Å². The molecular formula is C13H12Cl2N4O2. The Morgan fingerprint density at radius 3 is 2.43 bits per heavy atom. The molecule has 0 saturated carbocycles. The van der Waals surface area contributed by atoms with E-state index < -0.39 is 0 Å². The number of nitrogens with one attached hydrogen (secondary N) is 1. The van der Waals surface area contributed by atoms with Gasteiger partial charge in [-0.05, 0) is 24.3 Å². The number of aromatic nitrogens is 2. The van der Waals surface area contributed by atoms with Crippen molar-refractivity contribution in [3.05, 3.63) is 40.8 Å². The molecule has 1 aromatic carbocycles. The van der Waals surface area contributed by atoms with Crippen LogP contribution in [0.1, 0.15) is 0 Å². The molecule has 0 unspecified atom stereocenters. The van der Waals surface area contributed by atoms with Crippen molar-refractivity contribution in [3.63, 3.8) is 0 Å². The van der Waals surface area contributed by atoms with Crippen LogP contribution in [-0.4, -0.2) is 35.0 Å². The molecule has 1 N–H and O–H groups in total. The zero-order valence-electron chi connectivity index (χ0n) is 11.3. The van der Waals surface area contributed by atoms with Gasteiger partial charge in [0.05, 0.1) is 6.20 Å². The van der Waals surface area contributed by atoms with Gasteiger partial charge in [0.15, 0.2) is 10.3 Å². The van der Waals surface area contributed by atoms with Crippen LogP contribution in [0.5, 0.6) is 11.6 Å². The molecule has 2 amide bonds. The maximum atomic E-state index is 11.5. The molecule has 0 atom stereocenters. The summed E-state index contributed by atoms with van der Waals surface area (Å²) in [5.41, 5.74) is 0.654. The molecule has 0 aliphatic heterocycles. The van der Waals surface area contributed by atoms with Gasteiger partial charge in [-0.25, -0.2) is 9.78 Å². The van der Waals surface area contributed by atoms with E-state index in [1.54, 1.807) is 38.4 Å². The normalized spacial score (nSPS) is 10.1. The molecule has 0 bridgehead atoms. The molecule has 1 heterocycles. The zero-order valence-corrected chi connectivity index (χ0v) is 12.8. The van der Waals surface area contributed by atoms with Gasteiger partial charge < -0.3 is 15.0 Å². The number of urea groups is 1. The van der Waals surface area contributed by atoms with Crippen molar-refractivity contribution in [2.24, 2.45) is 0 Å². The van der Waals surface area contributed by atoms with E-state index in [-0.39, 0.29) is 22.2 Å². The molecule has 2 rings (SSSR count). The standard InChI is InChI=1S/C13H12Cl2N4O2/c1-19(2)13(20)17-8-3-5-9(6-4-8)21-10-7-16-11(14)12(15)18-10/h3-7H,1-2H3,(H,17,20). The van der Waals surface area contributed by atoms with Gasteiger partial charge in [-0.1, -0.05) is 23.2 Å². The van der Waals surface area contributed by atoms with E-state index in [4.69, 9.17) is 27.9 Å². The van der Waals surface area contributed by atoms with Gasteiger partial charge >= 0.3 is 6.03 Å². The Morgan fingerprint density at radius 2 is 1.86 bits per heavy atom. The highest BCUT2D eigenvalue weighted by Gasteiger charge is 2.06. The van der Waals surface area contributed by atoms with Crippen molar-refractivity contribution < 1.29 is 9.53 Å². The van der Waals surface area contributed by atoms with Gasteiger partial charge in [-0.2, -0.15) is 4.98 Å². The van der Waals surface area contributed by atoms with Crippen LogP contribution in [0.25, 0.3) is 0 Å². The Balaban J connectivity index is 2.05. The second-order valence-electron chi connectivity index (χ2n) is 4.24. The zero-order chi connectivity index (χ0) is 15.4. The average Bonchev–Trinajstić information content (AvgIpc) is 2.45. The summed E-state index contributed by atoms with van der Waals surface area (Å²) in [5, 5.41) is 2.90. The van der Waals surface area contributed by atoms with Gasteiger partial charge in [0, 0.05) is 19.8 Å². The largest absolute Gasteiger partial charge is 0.437 e. The van der Waals surface area contributed by atoms with Crippen molar-refractivity contribution in [1.82, 2.24) is 14.9 Å². The number of nitrogens with zero attached hydrogens (tertiary/aromatic N) is 3. The van der Waals surface area contributed by atoms with Crippen LogP contribution in [-0.2, 0) is 0 Å². The summed E-state index contributed by atoms with van der Waals surface area (Å²) < 4.78 is 5.48. The number of ether oxygens (including phenoxy) is 1. The number of anilines is 1. The summed E-state index contributed by atoms with van der Waals surface area (Å²) >= 11 is 11.4. The van der Waals surface area contributed by atoms with Crippen molar-refractivity contribution in [1.29, 1.82) is 0 Å². The third kappa shape index (κ3) is 4.21. The van der Waals surface area contributed by atoms with Crippen LogP contribution in [0.2, 0.25) is 10.3 Å². The molecule has 0 spiro atoms. The average molecular weight is 327 g/mol. The Kier molecular flexibility index (Phi) is 4.82. The molecule has 1 aromatic heterocycles. The van der Waals surface area contributed by atoms with Gasteiger partial charge in [-0.3, -0.25) is 0 Å². The third-order valence-corrected chi connectivity index (χ3v) is 3.04. The Hall–Kier alpha value is -2.05. The molecule has 2 aromatic rings. The molecule has 21 heavy (non-hydrogen) atoms. The fourth-order valence-electron chi connectivity index (χ4n) is 1.35. The van der Waals surface area contributed by atoms with Crippen LogP contribution in [0, 0.1) is 0 Å². The summed E-state index contributed by atoms with van der Waals surface area (Å²) in [6, 6.07) is 6.59. The summed E-state index contributed by atoms with van der Waals surface area (Å²) in [6.07, 6.45) is 1.37. The molecular weight excluding hydrogens is 315 g/mol. The van der Waals surface area contributed by atoms with E-state index in [0.29, 0.717) is 11.4 Å². The van der Waals surface area contributed by atoms with Crippen LogP contribution >= 0.6 is 23.2 Å². The third-order valence-electron chi connectivity index (χ3n) is 2.40. The van der Waals surface area contributed by atoms with Gasteiger partial charge in [0.2, 0.25) is 5.88 Å². The molecule has 0 radical (unpaired) electrons. The first kappa shape index (κ1) is 15.3. The van der Waals surface area contributed by atoms with E-state index >= 15 is 0 Å². The summed E-state index contributed by atoms with van der Waals surface area (Å²) in [6.45, 7) is 0. The number of amides is 2. The highest BCUT2D eigenvalue weighted by Crippen LogP contribution is 2.24. The first-order valence-corrected chi connectivity index (χ1v) is 6.65. The van der Waals surface area contributed by atoms with Crippen LogP contribution < -0.4 is 10.1 Å². The maximum Gasteiger partial charge on any atom is 0.321 e. The number of hydrogen-bond acceptors (Lipinski definition) is 4. The minimum atomic E-state index is -0.209. The lowest BCUT2D eigenvalue weighted by molar-refractivity contribution is 0.230. The van der Waals surface area contributed by atoms with Gasteiger partial charge in [0.25, 0.3) is 0 Å². The second-order valence-corrected chi connectivity index (χ2v) is 4.96. The van der Waals surface area contributed by atoms with E-state index in [1.807, 2.05) is 0 Å². The Labute approximate surface area is 131 Å². The van der Waals surface area contributed by atoms with E-state index in [2.05, 4.69) is 15.3 Å². The quantitative estimate of drug-likeness (QED) is 0.934. The fraction of sp³-hybridized carbons (Fsp3) is 0.154. The van der Waals surface area contributed by atoms with E-state index in [0.717, 1.165) is 0 Å². The second kappa shape index (κ2) is 6.60. The Morgan fingerprint density at radius 1 is 1.19 bits per heavy atom. The summed E-state index contributed by atoms with van der Waals surface area (Å²) in [5.74, 6) is 0.764. The van der Waals surface area contributed by atoms with Crippen LogP contribution in [0.3, 0.4) is 0 Å².